The molecule has 0 amide bonds. The van der Waals surface area contributed by atoms with E-state index in [4.69, 9.17) is 17.3 Å². The summed E-state index contributed by atoms with van der Waals surface area (Å²) in [5.41, 5.74) is 8.23. The van der Waals surface area contributed by atoms with Crippen LogP contribution in [0.2, 0.25) is 5.02 Å². The molecule has 0 fully saturated rings. The smallest absolute Gasteiger partial charge is 0.0837 e. The van der Waals surface area contributed by atoms with Crippen molar-refractivity contribution in [3.8, 4) is 0 Å². The molecule has 0 bridgehead atoms. The predicted octanol–water partition coefficient (Wildman–Crippen LogP) is 3.60. The van der Waals surface area contributed by atoms with Gasteiger partial charge in [0.2, 0.25) is 0 Å². The van der Waals surface area contributed by atoms with Gasteiger partial charge in [0.1, 0.15) is 0 Å². The van der Waals surface area contributed by atoms with Crippen LogP contribution in [0.4, 0.5) is 0 Å². The highest BCUT2D eigenvalue weighted by atomic mass is 127. The molecular weight excluding hydrogens is 361 g/mol. The van der Waals surface area contributed by atoms with Gasteiger partial charge in [0.05, 0.1) is 23.0 Å². The highest BCUT2D eigenvalue weighted by molar-refractivity contribution is 14.1. The monoisotopic (exact) mass is 375 g/mol. The molecule has 1 atom stereocenters. The average molecular weight is 376 g/mol. The van der Waals surface area contributed by atoms with Gasteiger partial charge in [0.15, 0.2) is 0 Å². The fraction of sp³-hybridized carbons (Fsp3) is 0.308. The molecule has 0 aliphatic rings. The Balaban J connectivity index is 2.35. The second kappa shape index (κ2) is 6.04. The van der Waals surface area contributed by atoms with Crippen molar-refractivity contribution in [2.24, 2.45) is 5.73 Å². The second-order valence-corrected chi connectivity index (χ2v) is 5.78. The topological polar surface area (TPSA) is 43.8 Å². The fourth-order valence-corrected chi connectivity index (χ4v) is 2.52. The molecule has 2 aromatic rings. The maximum atomic E-state index is 6.30. The number of nitrogens with two attached hydrogens (primary N) is 1. The van der Waals surface area contributed by atoms with E-state index in [9.17, 15) is 0 Å². The van der Waals surface area contributed by atoms with Crippen LogP contribution in [0.5, 0.6) is 0 Å². The minimum Gasteiger partial charge on any atom is -0.319 e. The Labute approximate surface area is 125 Å². The third-order valence-electron chi connectivity index (χ3n) is 2.79. The van der Waals surface area contributed by atoms with Crippen LogP contribution in [0.25, 0.3) is 0 Å². The van der Waals surface area contributed by atoms with Gasteiger partial charge in [-0.1, -0.05) is 30.7 Å². The molecule has 1 aromatic carbocycles. The van der Waals surface area contributed by atoms with Crippen molar-refractivity contribution < 1.29 is 0 Å². The van der Waals surface area contributed by atoms with Crippen LogP contribution in [0.1, 0.15) is 30.6 Å². The van der Waals surface area contributed by atoms with E-state index in [1.165, 1.54) is 3.57 Å². The van der Waals surface area contributed by atoms with Crippen LogP contribution in [0, 0.1) is 3.57 Å². The Morgan fingerprint density at radius 1 is 1.39 bits per heavy atom. The molecule has 1 heterocycles. The predicted molar refractivity (Wildman–Crippen MR) is 82.7 cm³/mol. The number of halogens is 2. The molecule has 2 rings (SSSR count). The number of aromatic nitrogens is 2. The van der Waals surface area contributed by atoms with Gasteiger partial charge in [-0.3, -0.25) is 4.68 Å². The summed E-state index contributed by atoms with van der Waals surface area (Å²) < 4.78 is 3.09. The van der Waals surface area contributed by atoms with Crippen molar-refractivity contribution in [3.05, 3.63) is 50.3 Å². The largest absolute Gasteiger partial charge is 0.319 e. The van der Waals surface area contributed by atoms with Crippen molar-refractivity contribution in [3.63, 3.8) is 0 Å². The van der Waals surface area contributed by atoms with Crippen molar-refractivity contribution in [2.45, 2.75) is 25.9 Å². The maximum Gasteiger partial charge on any atom is 0.0837 e. The number of aryl methyl sites for hydroxylation is 1. The number of hydrogen-bond acceptors (Lipinski definition) is 2. The molecule has 0 spiro atoms. The summed E-state index contributed by atoms with van der Waals surface area (Å²) in [4.78, 5) is 0. The summed E-state index contributed by atoms with van der Waals surface area (Å²) in [5.74, 6) is 0. The molecule has 0 saturated heterocycles. The molecule has 1 unspecified atom stereocenters. The van der Waals surface area contributed by atoms with Crippen LogP contribution in [0.3, 0.4) is 0 Å². The zero-order chi connectivity index (χ0) is 13.1. The van der Waals surface area contributed by atoms with Gasteiger partial charge in [-0.05, 0) is 46.7 Å². The molecule has 5 heteroatoms. The molecule has 18 heavy (non-hydrogen) atoms. The molecule has 96 valence electrons. The van der Waals surface area contributed by atoms with Crippen molar-refractivity contribution in [1.82, 2.24) is 9.78 Å². The van der Waals surface area contributed by atoms with E-state index in [0.717, 1.165) is 24.2 Å². The number of benzene rings is 1. The van der Waals surface area contributed by atoms with Crippen LogP contribution in [0.15, 0.2) is 30.5 Å². The number of hydrogen-bond donors (Lipinski definition) is 1. The molecule has 0 aliphatic heterocycles. The molecule has 2 N–H and O–H groups in total. The van der Waals surface area contributed by atoms with E-state index in [1.807, 2.05) is 28.9 Å². The first-order chi connectivity index (χ1) is 8.63. The van der Waals surface area contributed by atoms with Crippen LogP contribution < -0.4 is 5.73 Å². The minimum atomic E-state index is -0.233. The quantitative estimate of drug-likeness (QED) is 0.830. The van der Waals surface area contributed by atoms with E-state index in [1.54, 1.807) is 6.20 Å². The summed E-state index contributed by atoms with van der Waals surface area (Å²) in [6.45, 7) is 2.94. The summed E-state index contributed by atoms with van der Waals surface area (Å²) in [5, 5.41) is 4.91. The summed E-state index contributed by atoms with van der Waals surface area (Å²) in [6, 6.07) is 7.93. The van der Waals surface area contributed by atoms with Crippen LogP contribution in [-0.4, -0.2) is 9.78 Å². The van der Waals surface area contributed by atoms with Gasteiger partial charge in [-0.25, -0.2) is 0 Å². The Kier molecular flexibility index (Phi) is 4.64. The van der Waals surface area contributed by atoms with Crippen LogP contribution >= 0.6 is 34.2 Å². The van der Waals surface area contributed by atoms with E-state index in [2.05, 4.69) is 34.6 Å². The van der Waals surface area contributed by atoms with E-state index in [0.29, 0.717) is 5.02 Å². The average Bonchev–Trinajstić information content (AvgIpc) is 2.71. The molecule has 0 radical (unpaired) electrons. The minimum absolute atomic E-state index is 0.233. The van der Waals surface area contributed by atoms with E-state index >= 15 is 0 Å². The lowest BCUT2D eigenvalue weighted by molar-refractivity contribution is 0.560. The lowest BCUT2D eigenvalue weighted by atomic mass is 10.0. The van der Waals surface area contributed by atoms with Crippen molar-refractivity contribution in [1.29, 1.82) is 0 Å². The number of nitrogens with zero attached hydrogens (tertiary/aromatic N) is 2. The number of rotatable bonds is 4. The van der Waals surface area contributed by atoms with E-state index < -0.39 is 0 Å². The van der Waals surface area contributed by atoms with Crippen molar-refractivity contribution >= 4 is 34.2 Å². The molecule has 3 nitrogen and oxygen atoms in total. The van der Waals surface area contributed by atoms with E-state index in [-0.39, 0.29) is 6.04 Å². The molecular formula is C13H15ClIN3. The second-order valence-electron chi connectivity index (χ2n) is 4.13. The standard InChI is InChI=1S/C13H15ClIN3/c1-2-7-18-13(11(14)8-17-18)12(16)9-3-5-10(15)6-4-9/h3-6,8,12H,2,7,16H2,1H3. The van der Waals surface area contributed by atoms with Gasteiger partial charge in [-0.2, -0.15) is 5.10 Å². The first kappa shape index (κ1) is 13.8. The highest BCUT2D eigenvalue weighted by Gasteiger charge is 2.18. The lowest BCUT2D eigenvalue weighted by Gasteiger charge is -2.15. The molecule has 0 saturated carbocycles. The summed E-state index contributed by atoms with van der Waals surface area (Å²) in [7, 11) is 0. The van der Waals surface area contributed by atoms with Gasteiger partial charge in [-0.15, -0.1) is 0 Å². The first-order valence-electron chi connectivity index (χ1n) is 5.85. The normalized spacial score (nSPS) is 12.7. The maximum absolute atomic E-state index is 6.30. The Morgan fingerprint density at radius 3 is 2.67 bits per heavy atom. The zero-order valence-electron chi connectivity index (χ0n) is 10.1. The SMILES string of the molecule is CCCn1ncc(Cl)c1C(N)c1ccc(I)cc1. The Bertz CT molecular complexity index is 522. The zero-order valence-corrected chi connectivity index (χ0v) is 13.0. The first-order valence-corrected chi connectivity index (χ1v) is 7.31. The third kappa shape index (κ3) is 2.87. The van der Waals surface area contributed by atoms with Gasteiger partial charge in [0, 0.05) is 10.1 Å². The third-order valence-corrected chi connectivity index (χ3v) is 3.80. The van der Waals surface area contributed by atoms with Gasteiger partial charge >= 0.3 is 0 Å². The van der Waals surface area contributed by atoms with Gasteiger partial charge in [0.25, 0.3) is 0 Å². The highest BCUT2D eigenvalue weighted by Crippen LogP contribution is 2.26. The van der Waals surface area contributed by atoms with Gasteiger partial charge < -0.3 is 5.73 Å². The summed E-state index contributed by atoms with van der Waals surface area (Å²) in [6.07, 6.45) is 2.67. The lowest BCUT2D eigenvalue weighted by Crippen LogP contribution is -2.18. The van der Waals surface area contributed by atoms with Crippen molar-refractivity contribution in [2.75, 3.05) is 0 Å². The molecule has 0 aliphatic carbocycles. The van der Waals surface area contributed by atoms with Crippen LogP contribution in [-0.2, 0) is 6.54 Å². The summed E-state index contributed by atoms with van der Waals surface area (Å²) >= 11 is 8.47. The fourth-order valence-electron chi connectivity index (χ4n) is 1.90. The Morgan fingerprint density at radius 2 is 2.06 bits per heavy atom. The Hall–Kier alpha value is -0.590. The molecule has 1 aromatic heterocycles.